The fourth-order valence-corrected chi connectivity index (χ4v) is 6.23. The Morgan fingerprint density at radius 2 is 0.719 bits per heavy atom. The Kier molecular flexibility index (Phi) is 4.14. The number of benzene rings is 4. The van der Waals surface area contributed by atoms with Crippen molar-refractivity contribution >= 4 is 67.1 Å². The molecule has 4 aromatic carbocycles. The zero-order valence-corrected chi connectivity index (χ0v) is 17.9. The van der Waals surface area contributed by atoms with E-state index in [0.29, 0.717) is 33.0 Å². The molecule has 0 saturated heterocycles. The number of carbonyl (C=O) groups is 4. The quantitative estimate of drug-likeness (QED) is 0.243. The Morgan fingerprint density at radius 1 is 0.438 bits per heavy atom. The number of rotatable bonds is 3. The van der Waals surface area contributed by atoms with Gasteiger partial charge >= 0.3 is 0 Å². The molecular formula is C24H12N2O4S2. The molecule has 2 heterocycles. The zero-order chi connectivity index (χ0) is 22.0. The summed E-state index contributed by atoms with van der Waals surface area (Å²) in [6.45, 7) is 0. The number of nitrogens with zero attached hydrogens (tertiary/aromatic N) is 2. The highest BCUT2D eigenvalue weighted by Crippen LogP contribution is 2.41. The molecule has 0 N–H and O–H groups in total. The van der Waals surface area contributed by atoms with E-state index in [4.69, 9.17) is 0 Å². The highest BCUT2D eigenvalue weighted by Gasteiger charge is 2.38. The molecule has 2 aliphatic rings. The first-order valence-electron chi connectivity index (χ1n) is 9.72. The van der Waals surface area contributed by atoms with Gasteiger partial charge in [0.2, 0.25) is 0 Å². The van der Waals surface area contributed by atoms with Gasteiger partial charge in [0.05, 0.1) is 22.0 Å². The molecule has 0 atom stereocenters. The molecule has 0 saturated carbocycles. The van der Waals surface area contributed by atoms with Crippen LogP contribution in [0.2, 0.25) is 0 Å². The molecular weight excluding hydrogens is 444 g/mol. The highest BCUT2D eigenvalue weighted by molar-refractivity contribution is 8.75. The first kappa shape index (κ1) is 19.1. The highest BCUT2D eigenvalue weighted by atomic mass is 33.1. The van der Waals surface area contributed by atoms with Crippen molar-refractivity contribution in [2.24, 2.45) is 0 Å². The summed E-state index contributed by atoms with van der Waals surface area (Å²) < 4.78 is 2.01. The van der Waals surface area contributed by atoms with Crippen LogP contribution in [0.15, 0.2) is 72.8 Å². The van der Waals surface area contributed by atoms with Crippen LogP contribution >= 0.6 is 22.0 Å². The average Bonchev–Trinajstić information content (AvgIpc) is 2.82. The smallest absolute Gasteiger partial charge is 0.268 e. The van der Waals surface area contributed by atoms with Crippen molar-refractivity contribution in [2.45, 2.75) is 0 Å². The number of carbonyl (C=O) groups excluding carboxylic acids is 4. The predicted octanol–water partition coefficient (Wildman–Crippen LogP) is 5.10. The van der Waals surface area contributed by atoms with E-state index in [-0.39, 0.29) is 0 Å². The fraction of sp³-hybridized carbons (Fsp3) is 0. The summed E-state index contributed by atoms with van der Waals surface area (Å²) in [6.07, 6.45) is 0. The van der Waals surface area contributed by atoms with E-state index < -0.39 is 23.6 Å². The second kappa shape index (κ2) is 6.94. The van der Waals surface area contributed by atoms with Gasteiger partial charge in [0, 0.05) is 33.0 Å². The van der Waals surface area contributed by atoms with E-state index in [1.165, 1.54) is 0 Å². The first-order valence-corrected chi connectivity index (χ1v) is 11.8. The maximum atomic E-state index is 13.1. The van der Waals surface area contributed by atoms with Gasteiger partial charge in [0.25, 0.3) is 23.6 Å². The minimum Gasteiger partial charge on any atom is -0.268 e. The molecule has 8 heteroatoms. The third-order valence-corrected chi connectivity index (χ3v) is 7.77. The van der Waals surface area contributed by atoms with Crippen LogP contribution in [0.3, 0.4) is 0 Å². The Bertz CT molecular complexity index is 1310. The fourth-order valence-electron chi connectivity index (χ4n) is 4.22. The molecule has 4 amide bonds. The van der Waals surface area contributed by atoms with Gasteiger partial charge in [-0.05, 0) is 35.0 Å². The van der Waals surface area contributed by atoms with Crippen LogP contribution < -0.4 is 0 Å². The van der Waals surface area contributed by atoms with Gasteiger partial charge in [0.15, 0.2) is 0 Å². The molecule has 0 radical (unpaired) electrons. The summed E-state index contributed by atoms with van der Waals surface area (Å²) >= 11 is 0. The number of hydrogen-bond acceptors (Lipinski definition) is 6. The molecule has 0 spiro atoms. The summed E-state index contributed by atoms with van der Waals surface area (Å²) in [7, 11) is 1.55. The second-order valence-electron chi connectivity index (χ2n) is 7.38. The van der Waals surface area contributed by atoms with Crippen LogP contribution in [-0.4, -0.2) is 32.2 Å². The van der Waals surface area contributed by atoms with Crippen molar-refractivity contribution in [3.63, 3.8) is 0 Å². The summed E-state index contributed by atoms with van der Waals surface area (Å²) in [6, 6.07) is 21.2. The number of amides is 4. The Labute approximate surface area is 189 Å². The third-order valence-electron chi connectivity index (χ3n) is 5.65. The van der Waals surface area contributed by atoms with E-state index in [1.807, 2.05) is 24.3 Å². The van der Waals surface area contributed by atoms with Crippen molar-refractivity contribution < 1.29 is 19.2 Å². The minimum absolute atomic E-state index is 0.414. The predicted molar refractivity (Wildman–Crippen MR) is 124 cm³/mol. The van der Waals surface area contributed by atoms with Crippen LogP contribution in [0.25, 0.3) is 21.5 Å². The lowest BCUT2D eigenvalue weighted by atomic mass is 9.95. The topological polar surface area (TPSA) is 74.8 Å². The van der Waals surface area contributed by atoms with Crippen molar-refractivity contribution in [1.82, 2.24) is 8.61 Å². The van der Waals surface area contributed by atoms with Gasteiger partial charge in [0.1, 0.15) is 0 Å². The van der Waals surface area contributed by atoms with E-state index >= 15 is 0 Å². The summed E-state index contributed by atoms with van der Waals surface area (Å²) in [5, 5.41) is 2.87. The van der Waals surface area contributed by atoms with Gasteiger partial charge in [-0.3, -0.25) is 19.2 Å². The molecule has 154 valence electrons. The van der Waals surface area contributed by atoms with Crippen molar-refractivity contribution in [3.05, 3.63) is 95.1 Å². The molecule has 0 aromatic heterocycles. The van der Waals surface area contributed by atoms with Crippen LogP contribution in [0.1, 0.15) is 41.4 Å². The average molecular weight is 457 g/mol. The molecule has 0 aliphatic carbocycles. The molecule has 0 unspecified atom stereocenters. The van der Waals surface area contributed by atoms with Gasteiger partial charge in [-0.1, -0.05) is 48.5 Å². The maximum absolute atomic E-state index is 13.1. The van der Waals surface area contributed by atoms with Crippen molar-refractivity contribution in [3.8, 4) is 0 Å². The van der Waals surface area contributed by atoms with Crippen molar-refractivity contribution in [1.29, 1.82) is 0 Å². The Balaban J connectivity index is 1.34. The molecule has 6 rings (SSSR count). The van der Waals surface area contributed by atoms with E-state index in [9.17, 15) is 19.2 Å². The minimum atomic E-state index is -0.476. The monoisotopic (exact) mass is 456 g/mol. The van der Waals surface area contributed by atoms with Gasteiger partial charge in [-0.15, -0.1) is 0 Å². The lowest BCUT2D eigenvalue weighted by molar-refractivity contribution is 0.0718. The molecule has 6 nitrogen and oxygen atoms in total. The van der Waals surface area contributed by atoms with Crippen LogP contribution in [-0.2, 0) is 0 Å². The standard InChI is InChI=1S/C24H12N2O4S2/c27-21-15-9-1-5-13-6-2-10-16(19(13)15)22(28)25(21)31-32-26-23(29)17-11-3-7-14-8-4-12-18(20(14)17)24(26)30/h1-12H. The normalized spacial score (nSPS) is 15.2. The van der Waals surface area contributed by atoms with Gasteiger partial charge in [-0.25, -0.2) is 8.61 Å². The van der Waals surface area contributed by atoms with Crippen LogP contribution in [0, 0.1) is 0 Å². The maximum Gasteiger partial charge on any atom is 0.272 e. The van der Waals surface area contributed by atoms with Gasteiger partial charge < -0.3 is 0 Å². The third kappa shape index (κ3) is 2.57. The lowest BCUT2D eigenvalue weighted by Gasteiger charge is -2.29. The second-order valence-corrected chi connectivity index (χ2v) is 9.30. The van der Waals surface area contributed by atoms with E-state index in [2.05, 4.69) is 0 Å². The van der Waals surface area contributed by atoms with Gasteiger partial charge in [-0.2, -0.15) is 0 Å². The Morgan fingerprint density at radius 3 is 1.00 bits per heavy atom. The summed E-state index contributed by atoms with van der Waals surface area (Å²) in [5.74, 6) is -1.90. The number of hydrogen-bond donors (Lipinski definition) is 0. The van der Waals surface area contributed by atoms with E-state index in [0.717, 1.165) is 41.3 Å². The molecule has 2 aliphatic heterocycles. The Hall–Kier alpha value is -3.62. The van der Waals surface area contributed by atoms with E-state index in [1.54, 1.807) is 48.5 Å². The van der Waals surface area contributed by atoms with Crippen LogP contribution in [0.5, 0.6) is 0 Å². The van der Waals surface area contributed by atoms with Crippen LogP contribution in [0.4, 0.5) is 0 Å². The van der Waals surface area contributed by atoms with Crippen molar-refractivity contribution in [2.75, 3.05) is 0 Å². The first-order chi connectivity index (χ1) is 15.6. The molecule has 4 aromatic rings. The molecule has 0 fully saturated rings. The largest absolute Gasteiger partial charge is 0.272 e. The SMILES string of the molecule is O=C1c2cccc3cccc(c23)C(=O)N1SSN1C(=O)c2cccc3cccc(c23)C1=O. The summed E-state index contributed by atoms with van der Waals surface area (Å²) in [5.41, 5.74) is 1.66. The molecule has 0 bridgehead atoms. The molecule has 32 heavy (non-hydrogen) atoms. The number of imide groups is 2. The lowest BCUT2D eigenvalue weighted by Crippen LogP contribution is -2.37. The summed E-state index contributed by atoms with van der Waals surface area (Å²) in [4.78, 5) is 52.3. The zero-order valence-electron chi connectivity index (χ0n) is 16.3.